The Balaban J connectivity index is 1.54. The van der Waals surface area contributed by atoms with E-state index in [0.29, 0.717) is 6.54 Å². The van der Waals surface area contributed by atoms with Crippen LogP contribution in [-0.4, -0.2) is 19.0 Å². The van der Waals surface area contributed by atoms with Crippen molar-refractivity contribution in [3.63, 3.8) is 0 Å². The third kappa shape index (κ3) is 4.16. The SMILES string of the molecule is CCNC(=NCc1ccco1)NCCc1cc2ccccc2o1. The minimum Gasteiger partial charge on any atom is -0.467 e. The number of rotatable bonds is 6. The molecule has 0 aliphatic heterocycles. The van der Waals surface area contributed by atoms with E-state index >= 15 is 0 Å². The molecule has 0 amide bonds. The number of nitrogens with zero attached hydrogens (tertiary/aromatic N) is 1. The summed E-state index contributed by atoms with van der Waals surface area (Å²) in [6, 6.07) is 13.9. The largest absolute Gasteiger partial charge is 0.467 e. The summed E-state index contributed by atoms with van der Waals surface area (Å²) >= 11 is 0. The predicted molar refractivity (Wildman–Crippen MR) is 91.4 cm³/mol. The van der Waals surface area contributed by atoms with Crippen molar-refractivity contribution in [1.29, 1.82) is 0 Å². The standard InChI is InChI=1S/C18H21N3O2/c1-2-19-18(21-13-16-7-5-11-22-16)20-10-9-15-12-14-6-3-4-8-17(14)23-15/h3-8,11-12H,2,9-10,13H2,1H3,(H2,19,20,21). The number of para-hydroxylation sites is 1. The van der Waals surface area contributed by atoms with Crippen LogP contribution in [0.25, 0.3) is 11.0 Å². The van der Waals surface area contributed by atoms with E-state index < -0.39 is 0 Å². The molecule has 0 aliphatic rings. The Morgan fingerprint density at radius 1 is 1.09 bits per heavy atom. The Morgan fingerprint density at radius 3 is 2.78 bits per heavy atom. The molecule has 3 rings (SSSR count). The molecule has 23 heavy (non-hydrogen) atoms. The van der Waals surface area contributed by atoms with Gasteiger partial charge in [-0.15, -0.1) is 0 Å². The monoisotopic (exact) mass is 311 g/mol. The number of guanidine groups is 1. The van der Waals surface area contributed by atoms with E-state index in [1.807, 2.05) is 37.3 Å². The Hall–Kier alpha value is -2.69. The van der Waals surface area contributed by atoms with Crippen molar-refractivity contribution >= 4 is 16.9 Å². The molecule has 120 valence electrons. The molecule has 0 bridgehead atoms. The molecule has 3 aromatic rings. The van der Waals surface area contributed by atoms with Gasteiger partial charge in [-0.2, -0.15) is 0 Å². The fourth-order valence-corrected chi connectivity index (χ4v) is 2.37. The van der Waals surface area contributed by atoms with Gasteiger partial charge in [-0.1, -0.05) is 18.2 Å². The smallest absolute Gasteiger partial charge is 0.191 e. The van der Waals surface area contributed by atoms with Crippen LogP contribution in [0.5, 0.6) is 0 Å². The average Bonchev–Trinajstić information content (AvgIpc) is 3.21. The molecule has 5 heteroatoms. The first kappa shape index (κ1) is 15.2. The summed E-state index contributed by atoms with van der Waals surface area (Å²) in [4.78, 5) is 4.50. The molecule has 1 aromatic carbocycles. The van der Waals surface area contributed by atoms with E-state index in [1.54, 1.807) is 6.26 Å². The van der Waals surface area contributed by atoms with Crippen LogP contribution in [0.15, 0.2) is 62.6 Å². The van der Waals surface area contributed by atoms with Crippen molar-refractivity contribution in [2.24, 2.45) is 4.99 Å². The van der Waals surface area contributed by atoms with E-state index in [9.17, 15) is 0 Å². The second-order valence-electron chi connectivity index (χ2n) is 5.20. The molecule has 0 radical (unpaired) electrons. The summed E-state index contributed by atoms with van der Waals surface area (Å²) < 4.78 is 11.1. The van der Waals surface area contributed by atoms with Crippen LogP contribution in [0.1, 0.15) is 18.4 Å². The summed E-state index contributed by atoms with van der Waals surface area (Å²) in [6.45, 7) is 4.13. The summed E-state index contributed by atoms with van der Waals surface area (Å²) in [7, 11) is 0. The lowest BCUT2D eigenvalue weighted by Gasteiger charge is -2.10. The van der Waals surface area contributed by atoms with Gasteiger partial charge in [-0.05, 0) is 31.2 Å². The van der Waals surface area contributed by atoms with Crippen LogP contribution < -0.4 is 10.6 Å². The number of aliphatic imine (C=N–C) groups is 1. The zero-order valence-electron chi connectivity index (χ0n) is 13.2. The van der Waals surface area contributed by atoms with E-state index in [4.69, 9.17) is 8.83 Å². The predicted octanol–water partition coefficient (Wildman–Crippen LogP) is 3.32. The first-order chi connectivity index (χ1) is 11.3. The van der Waals surface area contributed by atoms with Crippen LogP contribution in [0.4, 0.5) is 0 Å². The lowest BCUT2D eigenvalue weighted by molar-refractivity contribution is 0.511. The van der Waals surface area contributed by atoms with Gasteiger partial charge < -0.3 is 19.5 Å². The van der Waals surface area contributed by atoms with Gasteiger partial charge in [0.15, 0.2) is 5.96 Å². The molecule has 5 nitrogen and oxygen atoms in total. The Bertz CT molecular complexity index is 727. The maximum atomic E-state index is 5.81. The molecule has 0 saturated heterocycles. The van der Waals surface area contributed by atoms with E-state index in [2.05, 4.69) is 27.8 Å². The van der Waals surface area contributed by atoms with Crippen molar-refractivity contribution in [2.45, 2.75) is 19.9 Å². The fraction of sp³-hybridized carbons (Fsp3) is 0.278. The molecular weight excluding hydrogens is 290 g/mol. The number of hydrogen-bond acceptors (Lipinski definition) is 3. The number of furan rings is 2. The van der Waals surface area contributed by atoms with Gasteiger partial charge in [0, 0.05) is 24.9 Å². The van der Waals surface area contributed by atoms with Gasteiger partial charge in [0.25, 0.3) is 0 Å². The van der Waals surface area contributed by atoms with Crippen LogP contribution >= 0.6 is 0 Å². The molecule has 2 heterocycles. The van der Waals surface area contributed by atoms with Crippen LogP contribution in [0.2, 0.25) is 0 Å². The van der Waals surface area contributed by atoms with Crippen LogP contribution in [0.3, 0.4) is 0 Å². The molecule has 0 spiro atoms. The second-order valence-corrected chi connectivity index (χ2v) is 5.20. The van der Waals surface area contributed by atoms with Crippen molar-refractivity contribution in [1.82, 2.24) is 10.6 Å². The average molecular weight is 311 g/mol. The molecule has 0 fully saturated rings. The lowest BCUT2D eigenvalue weighted by atomic mass is 10.2. The van der Waals surface area contributed by atoms with Gasteiger partial charge in [0.1, 0.15) is 23.6 Å². The quantitative estimate of drug-likeness (QED) is 0.541. The van der Waals surface area contributed by atoms with E-state index in [1.165, 1.54) is 0 Å². The highest BCUT2D eigenvalue weighted by Crippen LogP contribution is 2.18. The zero-order chi connectivity index (χ0) is 15.9. The highest BCUT2D eigenvalue weighted by molar-refractivity contribution is 5.80. The molecule has 0 aliphatic carbocycles. The molecule has 0 unspecified atom stereocenters. The normalized spacial score (nSPS) is 11.8. The maximum absolute atomic E-state index is 5.81. The lowest BCUT2D eigenvalue weighted by Crippen LogP contribution is -2.38. The fourth-order valence-electron chi connectivity index (χ4n) is 2.37. The second kappa shape index (κ2) is 7.54. The number of nitrogens with one attached hydrogen (secondary N) is 2. The maximum Gasteiger partial charge on any atom is 0.191 e. The van der Waals surface area contributed by atoms with Crippen molar-refractivity contribution in [3.05, 3.63) is 60.2 Å². The Labute approximate surface area is 135 Å². The summed E-state index contributed by atoms with van der Waals surface area (Å²) in [5.41, 5.74) is 0.931. The summed E-state index contributed by atoms with van der Waals surface area (Å²) in [6.07, 6.45) is 2.46. The summed E-state index contributed by atoms with van der Waals surface area (Å²) in [5.74, 6) is 2.60. The van der Waals surface area contributed by atoms with Crippen LogP contribution in [0, 0.1) is 0 Å². The van der Waals surface area contributed by atoms with Gasteiger partial charge in [-0.25, -0.2) is 4.99 Å². The molecule has 2 aromatic heterocycles. The first-order valence-corrected chi connectivity index (χ1v) is 7.87. The van der Waals surface area contributed by atoms with E-state index in [-0.39, 0.29) is 0 Å². The molecule has 0 atom stereocenters. The van der Waals surface area contributed by atoms with Gasteiger partial charge in [0.2, 0.25) is 0 Å². The van der Waals surface area contributed by atoms with Crippen molar-refractivity contribution in [2.75, 3.05) is 13.1 Å². The minimum atomic E-state index is 0.521. The third-order valence-electron chi connectivity index (χ3n) is 3.46. The van der Waals surface area contributed by atoms with Crippen LogP contribution in [-0.2, 0) is 13.0 Å². The van der Waals surface area contributed by atoms with Gasteiger partial charge >= 0.3 is 0 Å². The first-order valence-electron chi connectivity index (χ1n) is 7.87. The number of hydrogen-bond donors (Lipinski definition) is 2. The van der Waals surface area contributed by atoms with Crippen molar-refractivity contribution < 1.29 is 8.83 Å². The summed E-state index contributed by atoms with van der Waals surface area (Å²) in [5, 5.41) is 7.68. The van der Waals surface area contributed by atoms with Gasteiger partial charge in [0.05, 0.1) is 6.26 Å². The number of fused-ring (bicyclic) bond motifs is 1. The number of benzene rings is 1. The molecule has 2 N–H and O–H groups in total. The topological polar surface area (TPSA) is 62.7 Å². The van der Waals surface area contributed by atoms with Gasteiger partial charge in [-0.3, -0.25) is 0 Å². The molecular formula is C18H21N3O2. The third-order valence-corrected chi connectivity index (χ3v) is 3.46. The Morgan fingerprint density at radius 2 is 2.00 bits per heavy atom. The highest BCUT2D eigenvalue weighted by atomic mass is 16.3. The minimum absolute atomic E-state index is 0.521. The molecule has 0 saturated carbocycles. The van der Waals surface area contributed by atoms with Crippen molar-refractivity contribution in [3.8, 4) is 0 Å². The zero-order valence-corrected chi connectivity index (χ0v) is 13.2. The Kier molecular flexibility index (Phi) is 4.99. The van der Waals surface area contributed by atoms with E-state index in [0.717, 1.165) is 48.0 Å². The highest BCUT2D eigenvalue weighted by Gasteiger charge is 2.04.